The molecular formula is C11H17NO3. The van der Waals surface area contributed by atoms with Crippen molar-refractivity contribution in [3.8, 4) is 0 Å². The summed E-state index contributed by atoms with van der Waals surface area (Å²) in [5.74, 6) is 0.0280. The van der Waals surface area contributed by atoms with Crippen molar-refractivity contribution in [2.45, 2.75) is 44.6 Å². The first kappa shape index (κ1) is 10.6. The molecule has 2 rings (SSSR count). The molecule has 0 aromatic heterocycles. The first-order valence-electron chi connectivity index (χ1n) is 5.70. The van der Waals surface area contributed by atoms with E-state index in [1.807, 2.05) is 0 Å². The number of hydrogen-bond acceptors (Lipinski definition) is 3. The third-order valence-electron chi connectivity index (χ3n) is 3.47. The molecule has 2 amide bonds. The molecule has 0 aromatic carbocycles. The Kier molecular flexibility index (Phi) is 3.05. The molecule has 0 bridgehead atoms. The van der Waals surface area contributed by atoms with Gasteiger partial charge in [0.05, 0.1) is 12.6 Å². The number of aliphatic hydroxyl groups is 1. The van der Waals surface area contributed by atoms with E-state index in [9.17, 15) is 14.7 Å². The van der Waals surface area contributed by atoms with Crippen molar-refractivity contribution in [2.24, 2.45) is 5.92 Å². The SMILES string of the molecule is O=C1CCC(=O)N1CC(O)C1CCCC1. The Balaban J connectivity index is 1.89. The number of nitrogens with zero attached hydrogens (tertiary/aromatic N) is 1. The molecule has 1 saturated heterocycles. The van der Waals surface area contributed by atoms with E-state index in [0.29, 0.717) is 12.8 Å². The second-order valence-corrected chi connectivity index (χ2v) is 4.51. The van der Waals surface area contributed by atoms with Gasteiger partial charge < -0.3 is 5.11 Å². The molecular weight excluding hydrogens is 194 g/mol. The summed E-state index contributed by atoms with van der Waals surface area (Å²) >= 11 is 0. The van der Waals surface area contributed by atoms with Gasteiger partial charge in [-0.2, -0.15) is 0 Å². The van der Waals surface area contributed by atoms with Gasteiger partial charge in [0, 0.05) is 12.8 Å². The Hall–Kier alpha value is -0.900. The second kappa shape index (κ2) is 4.31. The number of carbonyl (C=O) groups is 2. The Morgan fingerprint density at radius 1 is 1.20 bits per heavy atom. The van der Waals surface area contributed by atoms with Gasteiger partial charge in [0.25, 0.3) is 0 Å². The minimum atomic E-state index is -0.515. The predicted octanol–water partition coefficient (Wildman–Crippen LogP) is 0.686. The summed E-state index contributed by atoms with van der Waals surface area (Å²) < 4.78 is 0. The van der Waals surface area contributed by atoms with Crippen molar-refractivity contribution in [3.63, 3.8) is 0 Å². The van der Waals surface area contributed by atoms with Gasteiger partial charge in [0.15, 0.2) is 0 Å². The van der Waals surface area contributed by atoms with E-state index < -0.39 is 6.10 Å². The highest BCUT2D eigenvalue weighted by Gasteiger charge is 2.33. The van der Waals surface area contributed by atoms with Crippen LogP contribution in [0.1, 0.15) is 38.5 Å². The molecule has 2 fully saturated rings. The lowest BCUT2D eigenvalue weighted by atomic mass is 10.0. The molecule has 1 atom stereocenters. The average Bonchev–Trinajstić information content (AvgIpc) is 2.82. The lowest BCUT2D eigenvalue weighted by Gasteiger charge is -2.22. The van der Waals surface area contributed by atoms with Crippen LogP contribution in [-0.4, -0.2) is 34.5 Å². The molecule has 15 heavy (non-hydrogen) atoms. The van der Waals surface area contributed by atoms with Crippen molar-refractivity contribution in [3.05, 3.63) is 0 Å². The molecule has 0 aromatic rings. The minimum absolute atomic E-state index is 0.128. The number of rotatable bonds is 3. The monoisotopic (exact) mass is 211 g/mol. The van der Waals surface area contributed by atoms with Crippen LogP contribution in [-0.2, 0) is 9.59 Å². The smallest absolute Gasteiger partial charge is 0.229 e. The number of amides is 2. The van der Waals surface area contributed by atoms with Gasteiger partial charge in [0.2, 0.25) is 11.8 Å². The summed E-state index contributed by atoms with van der Waals surface area (Å²) in [5.41, 5.74) is 0. The Labute approximate surface area is 89.3 Å². The normalized spacial score (nSPS) is 25.3. The lowest BCUT2D eigenvalue weighted by Crippen LogP contribution is -2.39. The number of likely N-dealkylation sites (tertiary alicyclic amines) is 1. The number of hydrogen-bond donors (Lipinski definition) is 1. The van der Waals surface area contributed by atoms with Crippen LogP contribution < -0.4 is 0 Å². The first-order chi connectivity index (χ1) is 7.18. The van der Waals surface area contributed by atoms with Gasteiger partial charge in [-0.05, 0) is 18.8 Å². The molecule has 0 spiro atoms. The molecule has 4 nitrogen and oxygen atoms in total. The van der Waals surface area contributed by atoms with Gasteiger partial charge >= 0.3 is 0 Å². The van der Waals surface area contributed by atoms with Crippen LogP contribution in [0.15, 0.2) is 0 Å². The molecule has 1 saturated carbocycles. The zero-order valence-electron chi connectivity index (χ0n) is 8.82. The van der Waals surface area contributed by atoms with E-state index in [1.54, 1.807) is 0 Å². The third-order valence-corrected chi connectivity index (χ3v) is 3.47. The van der Waals surface area contributed by atoms with Gasteiger partial charge in [-0.1, -0.05) is 12.8 Å². The lowest BCUT2D eigenvalue weighted by molar-refractivity contribution is -0.140. The van der Waals surface area contributed by atoms with Crippen LogP contribution in [0.3, 0.4) is 0 Å². The predicted molar refractivity (Wildman–Crippen MR) is 53.9 cm³/mol. The quantitative estimate of drug-likeness (QED) is 0.699. The fourth-order valence-electron chi connectivity index (χ4n) is 2.50. The molecule has 4 heteroatoms. The molecule has 1 N–H and O–H groups in total. The fraction of sp³-hybridized carbons (Fsp3) is 0.818. The first-order valence-corrected chi connectivity index (χ1v) is 5.70. The average molecular weight is 211 g/mol. The summed E-state index contributed by atoms with van der Waals surface area (Å²) in [6.07, 6.45) is 4.48. The van der Waals surface area contributed by atoms with Crippen molar-refractivity contribution in [1.29, 1.82) is 0 Å². The maximum atomic E-state index is 11.3. The van der Waals surface area contributed by atoms with Gasteiger partial charge in [-0.25, -0.2) is 0 Å². The van der Waals surface area contributed by atoms with Crippen LogP contribution >= 0.6 is 0 Å². The maximum absolute atomic E-state index is 11.3. The topological polar surface area (TPSA) is 57.6 Å². The molecule has 84 valence electrons. The molecule has 1 heterocycles. The molecule has 1 aliphatic heterocycles. The number of aliphatic hydroxyl groups excluding tert-OH is 1. The summed E-state index contributed by atoms with van der Waals surface area (Å²) in [7, 11) is 0. The summed E-state index contributed by atoms with van der Waals surface area (Å²) in [4.78, 5) is 23.9. The standard InChI is InChI=1S/C11H17NO3/c13-9(8-3-1-2-4-8)7-12-10(14)5-6-11(12)15/h8-9,13H,1-7H2. The number of β-amino-alcohol motifs (C(OH)–C–C–N with tert-alkyl or cyclic N) is 1. The van der Waals surface area contributed by atoms with Crippen LogP contribution in [0.5, 0.6) is 0 Å². The highest BCUT2D eigenvalue weighted by molar-refractivity contribution is 6.01. The third kappa shape index (κ3) is 2.20. The Morgan fingerprint density at radius 3 is 2.27 bits per heavy atom. The van der Waals surface area contributed by atoms with Crippen molar-refractivity contribution < 1.29 is 14.7 Å². The van der Waals surface area contributed by atoms with Crippen LogP contribution in [0.4, 0.5) is 0 Å². The molecule has 0 radical (unpaired) electrons. The summed E-state index contributed by atoms with van der Waals surface area (Å²) in [6, 6.07) is 0. The van der Waals surface area contributed by atoms with Crippen molar-refractivity contribution in [1.82, 2.24) is 4.90 Å². The van der Waals surface area contributed by atoms with Gasteiger partial charge in [-0.15, -0.1) is 0 Å². The van der Waals surface area contributed by atoms with E-state index in [-0.39, 0.29) is 24.3 Å². The number of imide groups is 1. The number of carbonyl (C=O) groups excluding carboxylic acids is 2. The van der Waals surface area contributed by atoms with Gasteiger partial charge in [-0.3, -0.25) is 14.5 Å². The van der Waals surface area contributed by atoms with E-state index in [0.717, 1.165) is 25.7 Å². The van der Waals surface area contributed by atoms with Crippen molar-refractivity contribution >= 4 is 11.8 Å². The van der Waals surface area contributed by atoms with E-state index >= 15 is 0 Å². The zero-order chi connectivity index (χ0) is 10.8. The molecule has 1 unspecified atom stereocenters. The minimum Gasteiger partial charge on any atom is -0.391 e. The Morgan fingerprint density at radius 2 is 1.73 bits per heavy atom. The Bertz CT molecular complexity index is 255. The fourth-order valence-corrected chi connectivity index (χ4v) is 2.50. The second-order valence-electron chi connectivity index (χ2n) is 4.51. The highest BCUT2D eigenvalue weighted by Crippen LogP contribution is 2.28. The van der Waals surface area contributed by atoms with Crippen LogP contribution in [0.2, 0.25) is 0 Å². The zero-order valence-corrected chi connectivity index (χ0v) is 8.82. The van der Waals surface area contributed by atoms with Gasteiger partial charge in [0.1, 0.15) is 0 Å². The summed E-state index contributed by atoms with van der Waals surface area (Å²) in [6.45, 7) is 0.211. The highest BCUT2D eigenvalue weighted by atomic mass is 16.3. The summed E-state index contributed by atoms with van der Waals surface area (Å²) in [5, 5.41) is 9.90. The van der Waals surface area contributed by atoms with E-state index in [1.165, 1.54) is 4.90 Å². The maximum Gasteiger partial charge on any atom is 0.229 e. The molecule has 2 aliphatic rings. The van der Waals surface area contributed by atoms with Crippen LogP contribution in [0, 0.1) is 5.92 Å². The van der Waals surface area contributed by atoms with E-state index in [2.05, 4.69) is 0 Å². The van der Waals surface area contributed by atoms with Crippen molar-refractivity contribution in [2.75, 3.05) is 6.54 Å². The van der Waals surface area contributed by atoms with E-state index in [4.69, 9.17) is 0 Å². The van der Waals surface area contributed by atoms with Crippen LogP contribution in [0.25, 0.3) is 0 Å². The largest absolute Gasteiger partial charge is 0.391 e. The molecule has 1 aliphatic carbocycles.